The number of carbonyl (C=O) groups excluding carboxylic acids is 2. The monoisotopic (exact) mass is 341 g/mol. The fraction of sp³-hybridized carbons (Fsp3) is 0.429. The summed E-state index contributed by atoms with van der Waals surface area (Å²) in [7, 11) is 0. The van der Waals surface area contributed by atoms with E-state index in [1.54, 1.807) is 0 Å². The second-order valence-electron chi connectivity index (χ2n) is 6.81. The average Bonchev–Trinajstić information content (AvgIpc) is 2.97. The van der Waals surface area contributed by atoms with Crippen LogP contribution in [-0.4, -0.2) is 23.5 Å². The van der Waals surface area contributed by atoms with Crippen molar-refractivity contribution in [3.63, 3.8) is 0 Å². The zero-order valence-electron chi connectivity index (χ0n) is 15.3. The van der Waals surface area contributed by atoms with Gasteiger partial charge in [0.1, 0.15) is 12.6 Å². The molecule has 2 rings (SSSR count). The van der Waals surface area contributed by atoms with Gasteiger partial charge in [-0.3, -0.25) is 4.79 Å². The minimum absolute atomic E-state index is 0.210. The van der Waals surface area contributed by atoms with Crippen LogP contribution in [0.4, 0.5) is 4.79 Å². The van der Waals surface area contributed by atoms with Crippen molar-refractivity contribution in [1.29, 1.82) is 0 Å². The number of amides is 2. The minimum atomic E-state index is -0.569. The summed E-state index contributed by atoms with van der Waals surface area (Å²) in [4.78, 5) is 25.6. The summed E-state index contributed by atoms with van der Waals surface area (Å²) in [6.45, 7) is 6.58. The summed E-state index contributed by atoms with van der Waals surface area (Å²) in [5.74, 6) is 0.183. The molecule has 0 N–H and O–H groups in total. The van der Waals surface area contributed by atoms with Gasteiger partial charge in [-0.05, 0) is 50.7 Å². The number of hydrogen-bond donors (Lipinski definition) is 0. The molecule has 1 aromatic carbocycles. The Morgan fingerprint density at radius 1 is 1.32 bits per heavy atom. The maximum Gasteiger partial charge on any atom is 0.417 e. The number of cyclic esters (lactones) is 1. The van der Waals surface area contributed by atoms with Crippen molar-refractivity contribution in [3.05, 3.63) is 59.7 Å². The third-order valence-corrected chi connectivity index (χ3v) is 4.31. The normalized spacial score (nSPS) is 18.3. The summed E-state index contributed by atoms with van der Waals surface area (Å²) in [5, 5.41) is 0. The SMILES string of the molecule is CC(C)=CCC[C@@H](C)C/C=C/C(=O)N1C(=O)OC[C@H]1c1ccccc1. The number of carbonyl (C=O) groups is 2. The molecule has 1 fully saturated rings. The molecule has 4 heteroatoms. The molecule has 1 heterocycles. The largest absolute Gasteiger partial charge is 0.446 e. The highest BCUT2D eigenvalue weighted by Crippen LogP contribution is 2.27. The van der Waals surface area contributed by atoms with E-state index < -0.39 is 6.09 Å². The highest BCUT2D eigenvalue weighted by molar-refractivity contribution is 5.99. The second kappa shape index (κ2) is 9.21. The van der Waals surface area contributed by atoms with Crippen LogP contribution in [0.1, 0.15) is 51.6 Å². The number of nitrogens with zero attached hydrogens (tertiary/aromatic N) is 1. The lowest BCUT2D eigenvalue weighted by atomic mass is 10.0. The fourth-order valence-corrected chi connectivity index (χ4v) is 2.84. The van der Waals surface area contributed by atoms with E-state index in [-0.39, 0.29) is 18.6 Å². The van der Waals surface area contributed by atoms with Crippen LogP contribution in [0.15, 0.2) is 54.1 Å². The van der Waals surface area contributed by atoms with Gasteiger partial charge in [-0.1, -0.05) is 55.0 Å². The third kappa shape index (κ3) is 5.59. The topological polar surface area (TPSA) is 46.6 Å². The molecule has 0 bridgehead atoms. The van der Waals surface area contributed by atoms with Crippen LogP contribution in [0.2, 0.25) is 0 Å². The van der Waals surface area contributed by atoms with E-state index in [0.717, 1.165) is 24.8 Å². The van der Waals surface area contributed by atoms with Crippen LogP contribution >= 0.6 is 0 Å². The van der Waals surface area contributed by atoms with E-state index in [4.69, 9.17) is 4.74 Å². The van der Waals surface area contributed by atoms with Gasteiger partial charge >= 0.3 is 6.09 Å². The molecule has 0 aliphatic carbocycles. The van der Waals surface area contributed by atoms with Gasteiger partial charge in [-0.15, -0.1) is 0 Å². The predicted molar refractivity (Wildman–Crippen MR) is 99.0 cm³/mol. The van der Waals surface area contributed by atoms with Crippen molar-refractivity contribution in [1.82, 2.24) is 4.90 Å². The molecule has 2 amide bonds. The number of benzene rings is 1. The van der Waals surface area contributed by atoms with E-state index in [1.165, 1.54) is 16.5 Å². The fourth-order valence-electron chi connectivity index (χ4n) is 2.84. The van der Waals surface area contributed by atoms with E-state index in [9.17, 15) is 9.59 Å². The molecule has 0 unspecified atom stereocenters. The molecule has 0 spiro atoms. The third-order valence-electron chi connectivity index (χ3n) is 4.31. The van der Waals surface area contributed by atoms with E-state index in [2.05, 4.69) is 26.8 Å². The molecule has 1 aromatic rings. The van der Waals surface area contributed by atoms with Gasteiger partial charge in [0.05, 0.1) is 0 Å². The summed E-state index contributed by atoms with van der Waals surface area (Å²) >= 11 is 0. The van der Waals surface area contributed by atoms with Crippen LogP contribution in [-0.2, 0) is 9.53 Å². The Kier molecular flexibility index (Phi) is 6.99. The van der Waals surface area contributed by atoms with E-state index in [0.29, 0.717) is 5.92 Å². The first-order chi connectivity index (χ1) is 12.0. The van der Waals surface area contributed by atoms with Crippen molar-refractivity contribution in [2.24, 2.45) is 5.92 Å². The number of hydrogen-bond acceptors (Lipinski definition) is 3. The van der Waals surface area contributed by atoms with E-state index in [1.807, 2.05) is 36.4 Å². The van der Waals surface area contributed by atoms with Crippen molar-refractivity contribution >= 4 is 12.0 Å². The Hall–Kier alpha value is -2.36. The molecule has 1 aliphatic heterocycles. The second-order valence-corrected chi connectivity index (χ2v) is 6.81. The first-order valence-corrected chi connectivity index (χ1v) is 8.84. The Morgan fingerprint density at radius 3 is 2.72 bits per heavy atom. The number of allylic oxidation sites excluding steroid dienone is 3. The molecule has 4 nitrogen and oxygen atoms in total. The van der Waals surface area contributed by atoms with Crippen LogP contribution in [0.25, 0.3) is 0 Å². The molecule has 1 aliphatic rings. The Labute approximate surface area is 150 Å². The molecule has 134 valence electrons. The zero-order valence-corrected chi connectivity index (χ0v) is 15.3. The molecular formula is C21H27NO3. The lowest BCUT2D eigenvalue weighted by molar-refractivity contribution is -0.124. The van der Waals surface area contributed by atoms with Gasteiger partial charge < -0.3 is 4.74 Å². The van der Waals surface area contributed by atoms with Crippen molar-refractivity contribution in [3.8, 4) is 0 Å². The maximum atomic E-state index is 12.5. The van der Waals surface area contributed by atoms with Crippen molar-refractivity contribution in [2.75, 3.05) is 6.61 Å². The Balaban J connectivity index is 1.92. The van der Waals surface area contributed by atoms with Crippen molar-refractivity contribution in [2.45, 2.75) is 46.1 Å². The number of rotatable bonds is 7. The van der Waals surface area contributed by atoms with Gasteiger partial charge in [0.25, 0.3) is 5.91 Å². The van der Waals surface area contributed by atoms with Gasteiger partial charge in [-0.2, -0.15) is 0 Å². The van der Waals surface area contributed by atoms with Gasteiger partial charge in [-0.25, -0.2) is 9.69 Å². The predicted octanol–water partition coefficient (Wildman–Crippen LogP) is 5.04. The van der Waals surface area contributed by atoms with Crippen LogP contribution in [0, 0.1) is 5.92 Å². The Bertz CT molecular complexity index is 644. The number of imide groups is 1. The highest BCUT2D eigenvalue weighted by Gasteiger charge is 2.37. The molecule has 2 atom stereocenters. The van der Waals surface area contributed by atoms with Crippen molar-refractivity contribution < 1.29 is 14.3 Å². The van der Waals surface area contributed by atoms with Gasteiger partial charge in [0, 0.05) is 0 Å². The average molecular weight is 341 g/mol. The van der Waals surface area contributed by atoms with E-state index >= 15 is 0 Å². The molecular weight excluding hydrogens is 314 g/mol. The lowest BCUT2D eigenvalue weighted by Gasteiger charge is -2.18. The molecule has 25 heavy (non-hydrogen) atoms. The minimum Gasteiger partial charge on any atom is -0.446 e. The van der Waals surface area contributed by atoms with Gasteiger partial charge in [0.2, 0.25) is 0 Å². The number of ether oxygens (including phenoxy) is 1. The summed E-state index contributed by atoms with van der Waals surface area (Å²) < 4.78 is 5.08. The van der Waals surface area contributed by atoms with Gasteiger partial charge in [0.15, 0.2) is 0 Å². The summed E-state index contributed by atoms with van der Waals surface area (Å²) in [5.41, 5.74) is 2.24. The van der Waals surface area contributed by atoms with Crippen LogP contribution in [0.3, 0.4) is 0 Å². The Morgan fingerprint density at radius 2 is 2.04 bits per heavy atom. The summed E-state index contributed by atoms with van der Waals surface area (Å²) in [6.07, 6.45) is 7.99. The first-order valence-electron chi connectivity index (χ1n) is 8.84. The summed E-state index contributed by atoms with van der Waals surface area (Å²) in [6, 6.07) is 9.16. The molecule has 0 saturated carbocycles. The lowest BCUT2D eigenvalue weighted by Crippen LogP contribution is -2.32. The maximum absolute atomic E-state index is 12.5. The van der Waals surface area contributed by atoms with Crippen LogP contribution in [0.5, 0.6) is 0 Å². The molecule has 1 saturated heterocycles. The first kappa shape index (κ1) is 19.0. The quantitative estimate of drug-likeness (QED) is 0.516. The highest BCUT2D eigenvalue weighted by atomic mass is 16.6. The molecule has 0 aromatic heterocycles. The molecule has 0 radical (unpaired) electrons. The van der Waals surface area contributed by atoms with Crippen LogP contribution < -0.4 is 0 Å². The zero-order chi connectivity index (χ0) is 18.2. The standard InChI is InChI=1S/C21H27NO3/c1-16(2)9-7-10-17(3)11-8-14-20(23)22-19(15-25-21(22)24)18-12-5-4-6-13-18/h4-6,8-9,12-14,17,19H,7,10-11,15H2,1-3H3/b14-8+/t17-,19+/m1/s1. The smallest absolute Gasteiger partial charge is 0.417 e.